The summed E-state index contributed by atoms with van der Waals surface area (Å²) in [5, 5.41) is 20.4. The van der Waals surface area contributed by atoms with Gasteiger partial charge in [0, 0.05) is 0 Å². The number of thioether (sulfide) groups is 1. The maximum absolute atomic E-state index is 13.2. The smallest absolute Gasteiger partial charge is 0.344 e. The molecule has 5 nitrogen and oxygen atoms in total. The van der Waals surface area contributed by atoms with Crippen LogP contribution in [0.4, 0.5) is 10.1 Å². The standard InChI is InChI=1S/C20H16FNO4S/c1-2-26-20(25)17-18(24)16(11-12-8-9-14(21)15(23)10-12)27-19(17)22-13-6-4-3-5-7-13/h3-11,23-24H,2H2,1H3/b16-11-,22-19?. The third-order valence-corrected chi connectivity index (χ3v) is 4.64. The fraction of sp³-hybridized carbons (Fsp3) is 0.100. The molecule has 1 aliphatic heterocycles. The van der Waals surface area contributed by atoms with Gasteiger partial charge in [-0.1, -0.05) is 36.0 Å². The fourth-order valence-electron chi connectivity index (χ4n) is 2.38. The monoisotopic (exact) mass is 385 g/mol. The van der Waals surface area contributed by atoms with Gasteiger partial charge in [-0.05, 0) is 42.8 Å². The lowest BCUT2D eigenvalue weighted by Gasteiger charge is -2.03. The predicted molar refractivity (Wildman–Crippen MR) is 103 cm³/mol. The molecule has 0 atom stereocenters. The number of nitrogens with zero attached hydrogens (tertiary/aromatic N) is 1. The zero-order valence-corrected chi connectivity index (χ0v) is 15.2. The SMILES string of the molecule is CCOC(=O)C1=C(O)/C(=C/c2ccc(F)c(O)c2)SC1=Nc1ccccc1. The van der Waals surface area contributed by atoms with Crippen LogP contribution in [0.3, 0.4) is 0 Å². The third-order valence-electron chi connectivity index (χ3n) is 3.63. The van der Waals surface area contributed by atoms with Crippen LogP contribution in [0.1, 0.15) is 12.5 Å². The quantitative estimate of drug-likeness (QED) is 0.744. The zero-order valence-electron chi connectivity index (χ0n) is 14.3. The highest BCUT2D eigenvalue weighted by Gasteiger charge is 2.33. The molecule has 0 spiro atoms. The van der Waals surface area contributed by atoms with E-state index in [0.29, 0.717) is 21.2 Å². The van der Waals surface area contributed by atoms with Crippen LogP contribution in [0, 0.1) is 5.82 Å². The second-order valence-electron chi connectivity index (χ2n) is 5.52. The molecule has 2 aromatic carbocycles. The van der Waals surface area contributed by atoms with Crippen molar-refractivity contribution in [3.63, 3.8) is 0 Å². The van der Waals surface area contributed by atoms with E-state index in [0.717, 1.165) is 17.8 Å². The summed E-state index contributed by atoms with van der Waals surface area (Å²) in [5.74, 6) is -2.19. The molecule has 1 aliphatic rings. The maximum atomic E-state index is 13.2. The number of hydrogen-bond acceptors (Lipinski definition) is 6. The number of ether oxygens (including phenoxy) is 1. The lowest BCUT2D eigenvalue weighted by molar-refractivity contribution is -0.138. The van der Waals surface area contributed by atoms with Crippen LogP contribution in [0.5, 0.6) is 5.75 Å². The molecule has 3 rings (SSSR count). The molecule has 0 saturated carbocycles. The van der Waals surface area contributed by atoms with Gasteiger partial charge in [0.05, 0.1) is 17.2 Å². The first-order valence-electron chi connectivity index (χ1n) is 8.12. The van der Waals surface area contributed by atoms with Crippen molar-refractivity contribution >= 4 is 34.5 Å². The Labute approximate surface area is 159 Å². The Kier molecular flexibility index (Phi) is 5.61. The van der Waals surface area contributed by atoms with Crippen molar-refractivity contribution in [2.45, 2.75) is 6.92 Å². The van der Waals surface area contributed by atoms with E-state index in [9.17, 15) is 19.4 Å². The highest BCUT2D eigenvalue weighted by Crippen LogP contribution is 2.40. The largest absolute Gasteiger partial charge is 0.506 e. The predicted octanol–water partition coefficient (Wildman–Crippen LogP) is 4.72. The lowest BCUT2D eigenvalue weighted by Crippen LogP contribution is -2.12. The van der Waals surface area contributed by atoms with Gasteiger partial charge in [0.2, 0.25) is 0 Å². The van der Waals surface area contributed by atoms with Crippen LogP contribution in [-0.4, -0.2) is 27.8 Å². The van der Waals surface area contributed by atoms with Crippen LogP contribution < -0.4 is 0 Å². The topological polar surface area (TPSA) is 79.1 Å². The Hall–Kier alpha value is -3.06. The zero-order chi connectivity index (χ0) is 19.4. The number of phenols is 1. The second-order valence-corrected chi connectivity index (χ2v) is 6.55. The van der Waals surface area contributed by atoms with E-state index in [-0.39, 0.29) is 17.9 Å². The Bertz CT molecular complexity index is 967. The third kappa shape index (κ3) is 4.20. The fourth-order valence-corrected chi connectivity index (χ4v) is 3.42. The Morgan fingerprint density at radius 2 is 1.96 bits per heavy atom. The summed E-state index contributed by atoms with van der Waals surface area (Å²) in [6, 6.07) is 12.8. The first-order chi connectivity index (χ1) is 13.0. The summed E-state index contributed by atoms with van der Waals surface area (Å²) in [5.41, 5.74) is 1.06. The highest BCUT2D eigenvalue weighted by atomic mass is 32.2. The Morgan fingerprint density at radius 3 is 2.63 bits per heavy atom. The molecular formula is C20H16FNO4S. The highest BCUT2D eigenvalue weighted by molar-refractivity contribution is 8.18. The van der Waals surface area contributed by atoms with Crippen LogP contribution in [-0.2, 0) is 9.53 Å². The van der Waals surface area contributed by atoms with Crippen molar-refractivity contribution < 1.29 is 24.1 Å². The summed E-state index contributed by atoms with van der Waals surface area (Å²) in [4.78, 5) is 17.1. The van der Waals surface area contributed by atoms with Crippen molar-refractivity contribution in [3.05, 3.63) is 76.1 Å². The van der Waals surface area contributed by atoms with Gasteiger partial charge in [0.15, 0.2) is 11.6 Å². The van der Waals surface area contributed by atoms with Crippen LogP contribution in [0.15, 0.2) is 69.8 Å². The van der Waals surface area contributed by atoms with Gasteiger partial charge in [-0.3, -0.25) is 0 Å². The number of carbonyl (C=O) groups is 1. The van der Waals surface area contributed by atoms with E-state index < -0.39 is 17.5 Å². The maximum Gasteiger partial charge on any atom is 0.344 e. The number of halogens is 1. The summed E-state index contributed by atoms with van der Waals surface area (Å²) in [6.45, 7) is 1.83. The number of hydrogen-bond donors (Lipinski definition) is 2. The number of esters is 1. The molecule has 0 fully saturated rings. The number of aromatic hydroxyl groups is 1. The number of carbonyl (C=O) groups excluding carboxylic acids is 1. The van der Waals surface area contributed by atoms with E-state index in [4.69, 9.17) is 4.74 Å². The van der Waals surface area contributed by atoms with Crippen molar-refractivity contribution in [3.8, 4) is 5.75 Å². The average Bonchev–Trinajstić information content (AvgIpc) is 2.94. The molecule has 0 bridgehead atoms. The van der Waals surface area contributed by atoms with Gasteiger partial charge in [-0.15, -0.1) is 0 Å². The summed E-state index contributed by atoms with van der Waals surface area (Å²) in [6.07, 6.45) is 1.53. The second kappa shape index (κ2) is 8.09. The van der Waals surface area contributed by atoms with Crippen LogP contribution in [0.2, 0.25) is 0 Å². The molecule has 0 unspecified atom stereocenters. The minimum absolute atomic E-state index is 0.0247. The first-order valence-corrected chi connectivity index (χ1v) is 8.94. The van der Waals surface area contributed by atoms with E-state index in [1.54, 1.807) is 19.1 Å². The molecule has 138 valence electrons. The molecule has 7 heteroatoms. The summed E-state index contributed by atoms with van der Waals surface area (Å²) < 4.78 is 18.3. The van der Waals surface area contributed by atoms with Gasteiger partial charge in [-0.25, -0.2) is 14.2 Å². The van der Waals surface area contributed by atoms with Crippen LogP contribution >= 0.6 is 11.8 Å². The first kappa shape index (κ1) is 18.7. The molecule has 2 aromatic rings. The normalized spacial score (nSPS) is 17.0. The van der Waals surface area contributed by atoms with Crippen molar-refractivity contribution in [1.82, 2.24) is 0 Å². The minimum Gasteiger partial charge on any atom is -0.506 e. The summed E-state index contributed by atoms with van der Waals surface area (Å²) in [7, 11) is 0. The molecule has 0 amide bonds. The molecule has 0 aromatic heterocycles. The molecular weight excluding hydrogens is 369 g/mol. The number of para-hydroxylation sites is 1. The minimum atomic E-state index is -0.741. The molecule has 27 heavy (non-hydrogen) atoms. The summed E-state index contributed by atoms with van der Waals surface area (Å²) >= 11 is 1.09. The van der Waals surface area contributed by atoms with Gasteiger partial charge >= 0.3 is 5.97 Å². The van der Waals surface area contributed by atoms with Crippen molar-refractivity contribution in [1.29, 1.82) is 0 Å². The molecule has 0 aliphatic carbocycles. The van der Waals surface area contributed by atoms with Gasteiger partial charge in [0.25, 0.3) is 0 Å². The van der Waals surface area contributed by atoms with Crippen LogP contribution in [0.25, 0.3) is 6.08 Å². The average molecular weight is 385 g/mol. The lowest BCUT2D eigenvalue weighted by atomic mass is 10.1. The van der Waals surface area contributed by atoms with E-state index in [2.05, 4.69) is 4.99 Å². The molecule has 0 saturated heterocycles. The number of rotatable bonds is 4. The van der Waals surface area contributed by atoms with E-state index in [1.165, 1.54) is 18.2 Å². The van der Waals surface area contributed by atoms with Gasteiger partial charge in [0.1, 0.15) is 16.4 Å². The van der Waals surface area contributed by atoms with E-state index in [1.807, 2.05) is 18.2 Å². The number of phenolic OH excluding ortho intramolecular Hbond substituents is 1. The van der Waals surface area contributed by atoms with Crippen molar-refractivity contribution in [2.24, 2.45) is 4.99 Å². The van der Waals surface area contributed by atoms with Gasteiger partial charge < -0.3 is 14.9 Å². The number of aliphatic hydroxyl groups is 1. The Morgan fingerprint density at radius 1 is 1.22 bits per heavy atom. The Balaban J connectivity index is 2.04. The number of aliphatic imine (C=N–C) groups is 1. The van der Waals surface area contributed by atoms with Crippen molar-refractivity contribution in [2.75, 3.05) is 6.61 Å². The molecule has 2 N–H and O–H groups in total. The number of benzene rings is 2. The molecule has 1 heterocycles. The van der Waals surface area contributed by atoms with E-state index >= 15 is 0 Å². The molecule has 0 radical (unpaired) electrons. The number of aliphatic hydroxyl groups excluding tert-OH is 1. The van der Waals surface area contributed by atoms with Gasteiger partial charge in [-0.2, -0.15) is 0 Å².